The Morgan fingerprint density at radius 3 is 2.72 bits per heavy atom. The van der Waals surface area contributed by atoms with Crippen molar-refractivity contribution in [3.63, 3.8) is 0 Å². The molecular formula is C18H17ClFN3O2. The zero-order valence-electron chi connectivity index (χ0n) is 13.6. The third-order valence-corrected chi connectivity index (χ3v) is 3.97. The maximum Gasteiger partial charge on any atom is 0.240 e. The van der Waals surface area contributed by atoms with E-state index in [-0.39, 0.29) is 18.5 Å². The number of hydrogen-bond acceptors (Lipinski definition) is 5. The minimum absolute atomic E-state index is 0.0412. The van der Waals surface area contributed by atoms with E-state index in [4.69, 9.17) is 20.9 Å². The molecule has 0 spiro atoms. The molecule has 3 aromatic rings. The Kier molecular flexibility index (Phi) is 5.63. The van der Waals surface area contributed by atoms with Crippen molar-refractivity contribution in [3.8, 4) is 5.75 Å². The second-order valence-corrected chi connectivity index (χ2v) is 5.88. The molecule has 0 bridgehead atoms. The summed E-state index contributed by atoms with van der Waals surface area (Å²) in [5, 5.41) is 7.86. The third-order valence-electron chi connectivity index (χ3n) is 3.62. The predicted molar refractivity (Wildman–Crippen MR) is 91.7 cm³/mol. The van der Waals surface area contributed by atoms with E-state index in [0.717, 1.165) is 5.56 Å². The van der Waals surface area contributed by atoms with Crippen LogP contribution in [0.5, 0.6) is 5.75 Å². The van der Waals surface area contributed by atoms with E-state index in [1.807, 2.05) is 31.2 Å². The fourth-order valence-corrected chi connectivity index (χ4v) is 2.58. The van der Waals surface area contributed by atoms with Crippen LogP contribution in [0.25, 0.3) is 0 Å². The number of rotatable bonds is 7. The zero-order chi connectivity index (χ0) is 17.6. The summed E-state index contributed by atoms with van der Waals surface area (Å²) < 4.78 is 23.5. The van der Waals surface area contributed by atoms with Crippen molar-refractivity contribution < 1.29 is 13.7 Å². The van der Waals surface area contributed by atoms with Gasteiger partial charge in [-0.2, -0.15) is 4.98 Å². The van der Waals surface area contributed by atoms with Gasteiger partial charge in [-0.25, -0.2) is 4.39 Å². The molecule has 130 valence electrons. The van der Waals surface area contributed by atoms with E-state index in [0.29, 0.717) is 29.0 Å². The molecule has 2 aromatic carbocycles. The summed E-state index contributed by atoms with van der Waals surface area (Å²) in [6.07, 6.45) is 0. The highest BCUT2D eigenvalue weighted by molar-refractivity contribution is 6.31. The number of benzene rings is 2. The van der Waals surface area contributed by atoms with Gasteiger partial charge in [0.25, 0.3) is 0 Å². The largest absolute Gasteiger partial charge is 0.485 e. The Morgan fingerprint density at radius 1 is 1.20 bits per heavy atom. The summed E-state index contributed by atoms with van der Waals surface area (Å²) in [7, 11) is 0. The first kappa shape index (κ1) is 17.4. The van der Waals surface area contributed by atoms with Gasteiger partial charge in [-0.15, -0.1) is 0 Å². The van der Waals surface area contributed by atoms with Crippen molar-refractivity contribution in [3.05, 3.63) is 76.6 Å². The molecule has 0 aliphatic carbocycles. The van der Waals surface area contributed by atoms with Crippen LogP contribution >= 0.6 is 11.6 Å². The summed E-state index contributed by atoms with van der Waals surface area (Å²) in [5.74, 6) is 1.11. The van der Waals surface area contributed by atoms with E-state index in [2.05, 4.69) is 15.5 Å². The molecule has 0 fully saturated rings. The lowest BCUT2D eigenvalue weighted by Gasteiger charge is -2.13. The Hall–Kier alpha value is -2.44. The summed E-state index contributed by atoms with van der Waals surface area (Å²) in [5.41, 5.74) is 1.00. The zero-order valence-corrected chi connectivity index (χ0v) is 14.3. The summed E-state index contributed by atoms with van der Waals surface area (Å²) in [6, 6.07) is 13.4. The van der Waals surface area contributed by atoms with Crippen LogP contribution < -0.4 is 10.1 Å². The fraction of sp³-hybridized carbons (Fsp3) is 0.222. The van der Waals surface area contributed by atoms with Gasteiger partial charge in [-0.05, 0) is 42.8 Å². The Morgan fingerprint density at radius 2 is 1.96 bits per heavy atom. The summed E-state index contributed by atoms with van der Waals surface area (Å²) in [4.78, 5) is 4.26. The molecule has 1 N–H and O–H groups in total. The lowest BCUT2D eigenvalue weighted by molar-refractivity contribution is 0.284. The number of nitrogens with zero attached hydrogens (tertiary/aromatic N) is 2. The van der Waals surface area contributed by atoms with Crippen molar-refractivity contribution in [2.45, 2.75) is 26.1 Å². The molecule has 25 heavy (non-hydrogen) atoms. The quantitative estimate of drug-likeness (QED) is 0.680. The molecule has 0 aliphatic rings. The Labute approximate surface area is 149 Å². The average Bonchev–Trinajstić information content (AvgIpc) is 3.07. The van der Waals surface area contributed by atoms with Crippen LogP contribution in [0.15, 0.2) is 53.1 Å². The van der Waals surface area contributed by atoms with E-state index in [1.54, 1.807) is 12.1 Å². The topological polar surface area (TPSA) is 60.2 Å². The van der Waals surface area contributed by atoms with E-state index in [9.17, 15) is 4.39 Å². The van der Waals surface area contributed by atoms with Gasteiger partial charge in [-0.3, -0.25) is 0 Å². The number of halogens is 2. The molecule has 5 nitrogen and oxygen atoms in total. The number of aromatic nitrogens is 2. The van der Waals surface area contributed by atoms with E-state index in [1.165, 1.54) is 12.1 Å². The molecule has 1 unspecified atom stereocenters. The monoisotopic (exact) mass is 361 g/mol. The van der Waals surface area contributed by atoms with Crippen LogP contribution in [-0.4, -0.2) is 10.1 Å². The van der Waals surface area contributed by atoms with Gasteiger partial charge in [0, 0.05) is 11.1 Å². The fourth-order valence-electron chi connectivity index (χ4n) is 2.28. The van der Waals surface area contributed by atoms with Gasteiger partial charge >= 0.3 is 0 Å². The van der Waals surface area contributed by atoms with Crippen molar-refractivity contribution >= 4 is 11.6 Å². The van der Waals surface area contributed by atoms with Gasteiger partial charge in [-0.1, -0.05) is 35.0 Å². The molecule has 0 saturated heterocycles. The van der Waals surface area contributed by atoms with Gasteiger partial charge in [0.15, 0.2) is 6.61 Å². The molecule has 3 rings (SSSR count). The lowest BCUT2D eigenvalue weighted by atomic mass is 10.1. The summed E-state index contributed by atoms with van der Waals surface area (Å²) >= 11 is 6.18. The normalized spacial score (nSPS) is 12.1. The Bertz CT molecular complexity index is 823. The first-order valence-corrected chi connectivity index (χ1v) is 8.17. The van der Waals surface area contributed by atoms with Crippen LogP contribution in [0.4, 0.5) is 4.39 Å². The van der Waals surface area contributed by atoms with Crippen LogP contribution in [0.2, 0.25) is 5.02 Å². The van der Waals surface area contributed by atoms with Gasteiger partial charge in [0.05, 0.1) is 6.54 Å². The first-order valence-electron chi connectivity index (χ1n) is 7.79. The first-order chi connectivity index (χ1) is 12.1. The van der Waals surface area contributed by atoms with Crippen LogP contribution in [0, 0.1) is 5.82 Å². The van der Waals surface area contributed by atoms with Crippen LogP contribution in [0.3, 0.4) is 0 Å². The van der Waals surface area contributed by atoms with E-state index < -0.39 is 0 Å². The molecule has 0 radical (unpaired) electrons. The SMILES string of the molecule is CC(NCc1nc(COc2ccc(F)cc2)no1)c1ccccc1Cl. The molecule has 1 aromatic heterocycles. The molecule has 0 saturated carbocycles. The van der Waals surface area contributed by atoms with Crippen molar-refractivity contribution in [1.82, 2.24) is 15.5 Å². The summed E-state index contributed by atoms with van der Waals surface area (Å²) in [6.45, 7) is 2.57. The van der Waals surface area contributed by atoms with Gasteiger partial charge in [0.2, 0.25) is 11.7 Å². The molecular weight excluding hydrogens is 345 g/mol. The second-order valence-electron chi connectivity index (χ2n) is 5.47. The van der Waals surface area contributed by atoms with Gasteiger partial charge in [0.1, 0.15) is 11.6 Å². The van der Waals surface area contributed by atoms with Gasteiger partial charge < -0.3 is 14.6 Å². The van der Waals surface area contributed by atoms with Crippen molar-refractivity contribution in [2.75, 3.05) is 0 Å². The molecule has 1 atom stereocenters. The van der Waals surface area contributed by atoms with Crippen LogP contribution in [-0.2, 0) is 13.2 Å². The standard InChI is InChI=1S/C18H17ClFN3O2/c1-12(15-4-2-3-5-16(15)19)21-10-18-22-17(23-25-18)11-24-14-8-6-13(20)7-9-14/h2-9,12,21H,10-11H2,1H3. The number of hydrogen-bond donors (Lipinski definition) is 1. The second kappa shape index (κ2) is 8.09. The predicted octanol–water partition coefficient (Wildman–Crippen LogP) is 4.29. The highest BCUT2D eigenvalue weighted by Crippen LogP contribution is 2.22. The molecule has 0 amide bonds. The average molecular weight is 362 g/mol. The highest BCUT2D eigenvalue weighted by Gasteiger charge is 2.12. The van der Waals surface area contributed by atoms with Crippen molar-refractivity contribution in [1.29, 1.82) is 0 Å². The van der Waals surface area contributed by atoms with E-state index >= 15 is 0 Å². The number of nitrogens with one attached hydrogen (secondary N) is 1. The minimum atomic E-state index is -0.312. The maximum absolute atomic E-state index is 12.8. The smallest absolute Gasteiger partial charge is 0.240 e. The molecule has 0 aliphatic heterocycles. The molecule has 7 heteroatoms. The number of ether oxygens (including phenoxy) is 1. The van der Waals surface area contributed by atoms with Crippen molar-refractivity contribution in [2.24, 2.45) is 0 Å². The third kappa shape index (κ3) is 4.78. The lowest BCUT2D eigenvalue weighted by Crippen LogP contribution is -2.18. The Balaban J connectivity index is 1.51. The highest BCUT2D eigenvalue weighted by atomic mass is 35.5. The minimum Gasteiger partial charge on any atom is -0.485 e. The molecule has 1 heterocycles. The maximum atomic E-state index is 12.8. The van der Waals surface area contributed by atoms with Crippen LogP contribution in [0.1, 0.15) is 30.2 Å².